The van der Waals surface area contributed by atoms with E-state index in [-0.39, 0.29) is 5.41 Å². The van der Waals surface area contributed by atoms with Gasteiger partial charge in [0.2, 0.25) is 0 Å². The van der Waals surface area contributed by atoms with Crippen molar-refractivity contribution in [2.45, 2.75) is 65.7 Å². The van der Waals surface area contributed by atoms with Crippen molar-refractivity contribution in [1.29, 1.82) is 0 Å². The fourth-order valence-corrected chi connectivity index (χ4v) is 1.80. The monoisotopic (exact) mass is 264 g/mol. The summed E-state index contributed by atoms with van der Waals surface area (Å²) >= 11 is 0. The Bertz CT molecular complexity index is 407. The Morgan fingerprint density at radius 2 is 1.79 bits per heavy atom. The molecule has 1 rings (SSSR count). The lowest BCUT2D eigenvalue weighted by molar-refractivity contribution is 0.546. The van der Waals surface area contributed by atoms with Gasteiger partial charge in [0.25, 0.3) is 0 Å². The van der Waals surface area contributed by atoms with Crippen molar-refractivity contribution in [2.24, 2.45) is 0 Å². The highest BCUT2D eigenvalue weighted by molar-refractivity contribution is 5.55. The molecule has 0 amide bonds. The Morgan fingerprint density at radius 3 is 2.37 bits per heavy atom. The number of hydrogen-bond acceptors (Lipinski definition) is 4. The molecule has 0 aliphatic heterocycles. The van der Waals surface area contributed by atoms with Gasteiger partial charge in [-0.05, 0) is 13.3 Å². The Kier molecular flexibility index (Phi) is 5.58. The van der Waals surface area contributed by atoms with Crippen LogP contribution in [0.3, 0.4) is 0 Å². The Morgan fingerprint density at radius 1 is 1.11 bits per heavy atom. The van der Waals surface area contributed by atoms with Crippen LogP contribution in [0.4, 0.5) is 11.6 Å². The number of nitrogens with one attached hydrogen (secondary N) is 1. The van der Waals surface area contributed by atoms with E-state index in [1.807, 2.05) is 6.92 Å². The predicted octanol–water partition coefficient (Wildman–Crippen LogP) is 3.66. The number of nitrogen functional groups attached to an aromatic ring is 1. The number of rotatable bonds is 6. The minimum Gasteiger partial charge on any atom is -0.383 e. The minimum absolute atomic E-state index is 0.0829. The Hall–Kier alpha value is -1.32. The smallest absolute Gasteiger partial charge is 0.138 e. The molecule has 0 spiro atoms. The maximum atomic E-state index is 5.98. The lowest BCUT2D eigenvalue weighted by Gasteiger charge is -2.19. The summed E-state index contributed by atoms with van der Waals surface area (Å²) in [6.07, 6.45) is 4.98. The molecule has 4 nitrogen and oxygen atoms in total. The standard InChI is InChI=1S/C15H28N4/c1-6-7-8-9-10-17-13-11(2)12(16)18-14(19-13)15(3,4)5/h6-10H2,1-5H3,(H3,16,17,18,19). The van der Waals surface area contributed by atoms with Crippen LogP contribution in [0.15, 0.2) is 0 Å². The summed E-state index contributed by atoms with van der Waals surface area (Å²) in [6.45, 7) is 11.4. The predicted molar refractivity (Wildman–Crippen MR) is 82.5 cm³/mol. The van der Waals surface area contributed by atoms with Gasteiger partial charge in [0, 0.05) is 17.5 Å². The molecule has 3 N–H and O–H groups in total. The first kappa shape index (κ1) is 15.7. The van der Waals surface area contributed by atoms with Gasteiger partial charge in [-0.15, -0.1) is 0 Å². The maximum Gasteiger partial charge on any atom is 0.138 e. The van der Waals surface area contributed by atoms with E-state index in [1.54, 1.807) is 0 Å². The van der Waals surface area contributed by atoms with Crippen molar-refractivity contribution in [3.8, 4) is 0 Å². The van der Waals surface area contributed by atoms with Gasteiger partial charge in [-0.2, -0.15) is 0 Å². The number of unbranched alkanes of at least 4 members (excludes halogenated alkanes) is 3. The molecule has 4 heteroatoms. The van der Waals surface area contributed by atoms with E-state index in [9.17, 15) is 0 Å². The number of nitrogens with zero attached hydrogens (tertiary/aromatic N) is 2. The Balaban J connectivity index is 2.74. The molecule has 108 valence electrons. The lowest BCUT2D eigenvalue weighted by atomic mass is 9.95. The molecule has 0 atom stereocenters. The topological polar surface area (TPSA) is 63.8 Å². The molecule has 1 aromatic heterocycles. The van der Waals surface area contributed by atoms with Crippen molar-refractivity contribution < 1.29 is 0 Å². The molecule has 1 heterocycles. The lowest BCUT2D eigenvalue weighted by Crippen LogP contribution is -2.19. The second-order valence-corrected chi connectivity index (χ2v) is 6.14. The third kappa shape index (κ3) is 4.69. The van der Waals surface area contributed by atoms with E-state index >= 15 is 0 Å². The number of aromatic nitrogens is 2. The van der Waals surface area contributed by atoms with Gasteiger partial charge in [0.15, 0.2) is 0 Å². The molecule has 0 saturated heterocycles. The number of nitrogens with two attached hydrogens (primary N) is 1. The molecular formula is C15H28N4. The highest BCUT2D eigenvalue weighted by atomic mass is 15.1. The zero-order valence-electron chi connectivity index (χ0n) is 13.0. The summed E-state index contributed by atoms with van der Waals surface area (Å²) < 4.78 is 0. The quantitative estimate of drug-likeness (QED) is 0.770. The summed E-state index contributed by atoms with van der Waals surface area (Å²) in [5, 5.41) is 3.39. The molecular weight excluding hydrogens is 236 g/mol. The molecule has 0 aliphatic carbocycles. The van der Waals surface area contributed by atoms with E-state index < -0.39 is 0 Å². The Labute approximate surface area is 117 Å². The average molecular weight is 264 g/mol. The average Bonchev–Trinajstić information content (AvgIpc) is 2.32. The van der Waals surface area contributed by atoms with E-state index in [4.69, 9.17) is 5.73 Å². The van der Waals surface area contributed by atoms with Crippen LogP contribution in [-0.2, 0) is 5.41 Å². The van der Waals surface area contributed by atoms with E-state index in [1.165, 1.54) is 25.7 Å². The first-order valence-corrected chi connectivity index (χ1v) is 7.24. The van der Waals surface area contributed by atoms with E-state index in [0.29, 0.717) is 5.82 Å². The van der Waals surface area contributed by atoms with Crippen LogP contribution < -0.4 is 11.1 Å². The van der Waals surface area contributed by atoms with E-state index in [2.05, 4.69) is 43.0 Å². The molecule has 19 heavy (non-hydrogen) atoms. The maximum absolute atomic E-state index is 5.98. The highest BCUT2D eigenvalue weighted by Crippen LogP contribution is 2.24. The largest absolute Gasteiger partial charge is 0.383 e. The zero-order chi connectivity index (χ0) is 14.5. The third-order valence-electron chi connectivity index (χ3n) is 3.18. The zero-order valence-corrected chi connectivity index (χ0v) is 13.0. The fourth-order valence-electron chi connectivity index (χ4n) is 1.80. The van der Waals surface area contributed by atoms with Gasteiger partial charge in [0.05, 0.1) is 0 Å². The molecule has 0 aromatic carbocycles. The molecule has 1 aromatic rings. The van der Waals surface area contributed by atoms with E-state index in [0.717, 1.165) is 23.8 Å². The van der Waals surface area contributed by atoms with Crippen LogP contribution in [-0.4, -0.2) is 16.5 Å². The van der Waals surface area contributed by atoms with Crippen LogP contribution in [0.1, 0.15) is 64.8 Å². The van der Waals surface area contributed by atoms with Gasteiger partial charge in [-0.25, -0.2) is 9.97 Å². The second kappa shape index (κ2) is 6.73. The van der Waals surface area contributed by atoms with Crippen molar-refractivity contribution in [2.75, 3.05) is 17.6 Å². The van der Waals surface area contributed by atoms with Crippen LogP contribution in [0.25, 0.3) is 0 Å². The van der Waals surface area contributed by atoms with Gasteiger partial charge in [0.1, 0.15) is 17.5 Å². The van der Waals surface area contributed by atoms with Crippen molar-refractivity contribution in [3.63, 3.8) is 0 Å². The van der Waals surface area contributed by atoms with Crippen molar-refractivity contribution in [3.05, 3.63) is 11.4 Å². The van der Waals surface area contributed by atoms with Crippen molar-refractivity contribution >= 4 is 11.6 Å². The molecule has 0 aliphatic rings. The molecule has 0 unspecified atom stereocenters. The first-order chi connectivity index (χ1) is 8.86. The number of anilines is 2. The van der Waals surface area contributed by atoms with Gasteiger partial charge < -0.3 is 11.1 Å². The summed E-state index contributed by atoms with van der Waals surface area (Å²) in [6, 6.07) is 0. The van der Waals surface area contributed by atoms with Crippen LogP contribution in [0.2, 0.25) is 0 Å². The fraction of sp³-hybridized carbons (Fsp3) is 0.733. The summed E-state index contributed by atoms with van der Waals surface area (Å²) in [4.78, 5) is 9.01. The van der Waals surface area contributed by atoms with Gasteiger partial charge in [-0.1, -0.05) is 47.0 Å². The van der Waals surface area contributed by atoms with Crippen LogP contribution >= 0.6 is 0 Å². The summed E-state index contributed by atoms with van der Waals surface area (Å²) in [5.74, 6) is 2.26. The normalized spacial score (nSPS) is 11.6. The number of hydrogen-bond donors (Lipinski definition) is 2. The molecule has 0 radical (unpaired) electrons. The van der Waals surface area contributed by atoms with Gasteiger partial charge >= 0.3 is 0 Å². The summed E-state index contributed by atoms with van der Waals surface area (Å²) in [7, 11) is 0. The third-order valence-corrected chi connectivity index (χ3v) is 3.18. The highest BCUT2D eigenvalue weighted by Gasteiger charge is 2.20. The molecule has 0 bridgehead atoms. The van der Waals surface area contributed by atoms with Crippen molar-refractivity contribution in [1.82, 2.24) is 9.97 Å². The van der Waals surface area contributed by atoms with Crippen LogP contribution in [0, 0.1) is 6.92 Å². The van der Waals surface area contributed by atoms with Crippen LogP contribution in [0.5, 0.6) is 0 Å². The summed E-state index contributed by atoms with van der Waals surface area (Å²) in [5.41, 5.74) is 6.84. The molecule has 0 saturated carbocycles. The SMILES string of the molecule is CCCCCCNc1nc(C(C)(C)C)nc(N)c1C. The first-order valence-electron chi connectivity index (χ1n) is 7.24. The van der Waals surface area contributed by atoms with Gasteiger partial charge in [-0.3, -0.25) is 0 Å². The second-order valence-electron chi connectivity index (χ2n) is 6.14. The molecule has 0 fully saturated rings. The minimum atomic E-state index is -0.0829.